The summed E-state index contributed by atoms with van der Waals surface area (Å²) < 4.78 is 0. The Morgan fingerprint density at radius 3 is 2.36 bits per heavy atom. The van der Waals surface area contributed by atoms with Crippen molar-refractivity contribution in [2.45, 2.75) is 70.6 Å². The van der Waals surface area contributed by atoms with Crippen LogP contribution in [0.15, 0.2) is 72.8 Å². The van der Waals surface area contributed by atoms with Crippen LogP contribution < -0.4 is 4.90 Å². The molecule has 3 aliphatic rings. The zero-order valence-electron chi connectivity index (χ0n) is 21.9. The van der Waals surface area contributed by atoms with Crippen molar-refractivity contribution in [2.24, 2.45) is 0 Å². The average Bonchev–Trinajstić information content (AvgIpc) is 2.95. The highest BCUT2D eigenvalue weighted by atomic mass is 16.1. The second-order valence-electron chi connectivity index (χ2n) is 10.3. The van der Waals surface area contributed by atoms with E-state index < -0.39 is 0 Å². The van der Waals surface area contributed by atoms with Gasteiger partial charge in [0.15, 0.2) is 5.78 Å². The van der Waals surface area contributed by atoms with Gasteiger partial charge in [0.05, 0.1) is 5.92 Å². The van der Waals surface area contributed by atoms with Gasteiger partial charge >= 0.3 is 0 Å². The Labute approximate surface area is 218 Å². The molecule has 0 amide bonds. The predicted molar refractivity (Wildman–Crippen MR) is 154 cm³/mol. The van der Waals surface area contributed by atoms with Crippen LogP contribution in [-0.2, 0) is 17.6 Å². The van der Waals surface area contributed by atoms with Gasteiger partial charge in [0.25, 0.3) is 0 Å². The number of carbonyl (C=O) groups is 1. The molecule has 0 N–H and O–H groups in total. The Kier molecular flexibility index (Phi) is 7.70. The first-order valence-electron chi connectivity index (χ1n) is 14.0. The summed E-state index contributed by atoms with van der Waals surface area (Å²) in [7, 11) is 0. The zero-order valence-corrected chi connectivity index (χ0v) is 21.9. The highest BCUT2D eigenvalue weighted by molar-refractivity contribution is 6.02. The Morgan fingerprint density at radius 2 is 1.56 bits per heavy atom. The van der Waals surface area contributed by atoms with Gasteiger partial charge in [0.2, 0.25) is 0 Å². The van der Waals surface area contributed by atoms with E-state index in [2.05, 4.69) is 71.6 Å². The molecule has 2 unspecified atom stereocenters. The second kappa shape index (κ2) is 11.3. The normalized spacial score (nSPS) is 20.7. The summed E-state index contributed by atoms with van der Waals surface area (Å²) in [5.74, 6) is 0.473. The highest BCUT2D eigenvalue weighted by Crippen LogP contribution is 2.45. The lowest BCUT2D eigenvalue weighted by atomic mass is 9.69. The van der Waals surface area contributed by atoms with Gasteiger partial charge < -0.3 is 4.90 Å². The molecular formula is C34H41NO. The Bertz CT molecular complexity index is 1220. The van der Waals surface area contributed by atoms with Gasteiger partial charge in [0.1, 0.15) is 0 Å². The minimum absolute atomic E-state index is 0. The number of rotatable bonds is 4. The lowest BCUT2D eigenvalue weighted by Gasteiger charge is -2.33. The van der Waals surface area contributed by atoms with Crippen LogP contribution in [0.4, 0.5) is 5.69 Å². The maximum absolute atomic E-state index is 13.2. The van der Waals surface area contributed by atoms with Gasteiger partial charge in [-0.1, -0.05) is 74.5 Å². The molecule has 36 heavy (non-hydrogen) atoms. The molecule has 0 spiro atoms. The molecule has 0 saturated carbocycles. The van der Waals surface area contributed by atoms with Crippen LogP contribution in [0, 0.1) is 0 Å². The van der Waals surface area contributed by atoms with Crippen molar-refractivity contribution >= 4 is 17.5 Å². The van der Waals surface area contributed by atoms with Crippen LogP contribution >= 0.6 is 0 Å². The molecule has 1 heterocycles. The van der Waals surface area contributed by atoms with Gasteiger partial charge in [-0.3, -0.25) is 4.79 Å². The molecule has 2 heteroatoms. The van der Waals surface area contributed by atoms with Crippen molar-refractivity contribution in [1.29, 1.82) is 0 Å². The van der Waals surface area contributed by atoms with Crippen LogP contribution in [0.3, 0.4) is 0 Å². The summed E-state index contributed by atoms with van der Waals surface area (Å²) in [6, 6.07) is 24.7. The smallest absolute Gasteiger partial charge is 0.163 e. The largest absolute Gasteiger partial charge is 0.372 e. The SMILES string of the molecule is CC.O=C1C=Cc2ccc(Cc3ccc(N4CCCCC4)cc3)cc2C1C1CCCc2ccccc21.[HH]. The van der Waals surface area contributed by atoms with E-state index in [1.165, 1.54) is 71.4 Å². The van der Waals surface area contributed by atoms with Crippen LogP contribution in [0.25, 0.3) is 6.08 Å². The first kappa shape index (κ1) is 24.6. The lowest BCUT2D eigenvalue weighted by molar-refractivity contribution is -0.116. The molecule has 1 saturated heterocycles. The zero-order chi connectivity index (χ0) is 24.9. The van der Waals surface area contributed by atoms with E-state index in [1.807, 2.05) is 26.0 Å². The Morgan fingerprint density at radius 1 is 0.806 bits per heavy atom. The predicted octanol–water partition coefficient (Wildman–Crippen LogP) is 8.34. The van der Waals surface area contributed by atoms with Gasteiger partial charge in [-0.2, -0.15) is 0 Å². The topological polar surface area (TPSA) is 20.3 Å². The number of nitrogens with zero attached hydrogens (tertiary/aromatic N) is 1. The third-order valence-electron chi connectivity index (χ3n) is 8.10. The summed E-state index contributed by atoms with van der Waals surface area (Å²) in [6.45, 7) is 6.36. The van der Waals surface area contributed by atoms with E-state index in [0.29, 0.717) is 0 Å². The quantitative estimate of drug-likeness (QED) is 0.375. The van der Waals surface area contributed by atoms with Crippen molar-refractivity contribution in [3.8, 4) is 0 Å². The van der Waals surface area contributed by atoms with Crippen molar-refractivity contribution in [3.05, 3.63) is 106 Å². The number of benzene rings is 3. The first-order chi connectivity index (χ1) is 17.8. The fourth-order valence-corrected chi connectivity index (χ4v) is 6.35. The molecule has 0 bridgehead atoms. The van der Waals surface area contributed by atoms with Crippen LogP contribution in [0.2, 0.25) is 0 Å². The van der Waals surface area contributed by atoms with E-state index in [9.17, 15) is 4.79 Å². The fourth-order valence-electron chi connectivity index (χ4n) is 6.35. The molecule has 0 radical (unpaired) electrons. The summed E-state index contributed by atoms with van der Waals surface area (Å²) in [5.41, 5.74) is 9.20. The molecule has 6 rings (SSSR count). The average molecular weight is 480 g/mol. The van der Waals surface area contributed by atoms with Gasteiger partial charge in [0, 0.05) is 20.2 Å². The molecule has 1 aliphatic heterocycles. The Balaban J connectivity index is 0.00000104. The standard InChI is InChI=1S/C32H33NO.C2H6.H2/c34-31-18-15-26-14-11-24(21-23-12-16-27(17-13-23)33-19-4-1-5-20-33)22-30(26)32(31)29-10-6-8-25-7-2-3-9-28(25)29;1-2;/h2-3,7,9,11-18,22,29,32H,1,4-6,8,10,19-21H2;1-2H3;1H. The molecule has 2 atom stereocenters. The second-order valence-corrected chi connectivity index (χ2v) is 10.3. The van der Waals surface area contributed by atoms with Crippen LogP contribution in [0.5, 0.6) is 0 Å². The highest BCUT2D eigenvalue weighted by Gasteiger charge is 2.35. The monoisotopic (exact) mass is 479 g/mol. The van der Waals surface area contributed by atoms with Gasteiger partial charge in [-0.15, -0.1) is 0 Å². The van der Waals surface area contributed by atoms with Crippen LogP contribution in [0.1, 0.15) is 92.6 Å². The van der Waals surface area contributed by atoms with Gasteiger partial charge in [-0.05, 0) is 102 Å². The van der Waals surface area contributed by atoms with E-state index in [4.69, 9.17) is 0 Å². The minimum atomic E-state index is -0.0668. The summed E-state index contributed by atoms with van der Waals surface area (Å²) in [6.07, 6.45) is 12.1. The molecule has 188 valence electrons. The minimum Gasteiger partial charge on any atom is -0.372 e. The summed E-state index contributed by atoms with van der Waals surface area (Å²) >= 11 is 0. The molecule has 0 aromatic heterocycles. The van der Waals surface area contributed by atoms with Gasteiger partial charge in [-0.25, -0.2) is 0 Å². The summed E-state index contributed by atoms with van der Waals surface area (Å²) in [5, 5.41) is 0. The Hall–Kier alpha value is -3.13. The van der Waals surface area contributed by atoms with E-state index in [1.54, 1.807) is 0 Å². The number of ketones is 1. The number of anilines is 1. The number of piperidine rings is 1. The number of allylic oxidation sites excluding steroid dienone is 1. The van der Waals surface area contributed by atoms with Crippen molar-refractivity contribution in [2.75, 3.05) is 18.0 Å². The molecule has 3 aromatic rings. The van der Waals surface area contributed by atoms with E-state index in [-0.39, 0.29) is 19.0 Å². The molecule has 3 aromatic carbocycles. The number of hydrogen-bond donors (Lipinski definition) is 0. The molecular weight excluding hydrogens is 438 g/mol. The third-order valence-corrected chi connectivity index (χ3v) is 8.10. The van der Waals surface area contributed by atoms with E-state index >= 15 is 0 Å². The number of hydrogen-bond acceptors (Lipinski definition) is 2. The number of fused-ring (bicyclic) bond motifs is 2. The van der Waals surface area contributed by atoms with Crippen molar-refractivity contribution < 1.29 is 6.22 Å². The maximum atomic E-state index is 13.2. The van der Waals surface area contributed by atoms with Crippen molar-refractivity contribution in [1.82, 2.24) is 0 Å². The number of carbonyl (C=O) groups excluding carboxylic acids is 1. The molecule has 1 fully saturated rings. The summed E-state index contributed by atoms with van der Waals surface area (Å²) in [4.78, 5) is 15.7. The third kappa shape index (κ3) is 5.05. The van der Waals surface area contributed by atoms with Crippen LogP contribution in [-0.4, -0.2) is 18.9 Å². The fraction of sp³-hybridized carbons (Fsp3) is 0.382. The maximum Gasteiger partial charge on any atom is 0.163 e. The number of aryl methyl sites for hydroxylation is 1. The first-order valence-corrected chi connectivity index (χ1v) is 14.0. The molecule has 2 aliphatic carbocycles. The van der Waals surface area contributed by atoms with Crippen molar-refractivity contribution in [3.63, 3.8) is 0 Å². The molecule has 2 nitrogen and oxygen atoms in total. The lowest BCUT2D eigenvalue weighted by Crippen LogP contribution is -2.29. The van der Waals surface area contributed by atoms with E-state index in [0.717, 1.165) is 25.7 Å².